The molecule has 0 radical (unpaired) electrons. The second-order valence-electron chi connectivity index (χ2n) is 6.16. The van der Waals surface area contributed by atoms with Crippen LogP contribution in [-0.2, 0) is 11.3 Å². The van der Waals surface area contributed by atoms with Gasteiger partial charge in [0.15, 0.2) is 6.61 Å². The van der Waals surface area contributed by atoms with Crippen LogP contribution in [0.4, 0.5) is 5.69 Å². The van der Waals surface area contributed by atoms with Crippen LogP contribution >= 0.6 is 0 Å². The summed E-state index contributed by atoms with van der Waals surface area (Å²) in [5, 5.41) is 19.4. The molecule has 0 aliphatic rings. The van der Waals surface area contributed by atoms with Crippen LogP contribution in [0, 0.1) is 10.1 Å². The van der Waals surface area contributed by atoms with Gasteiger partial charge in [0.05, 0.1) is 4.92 Å². The topological polar surface area (TPSA) is 110 Å². The van der Waals surface area contributed by atoms with E-state index in [0.717, 1.165) is 5.56 Å². The van der Waals surface area contributed by atoms with E-state index in [9.17, 15) is 19.7 Å². The van der Waals surface area contributed by atoms with E-state index in [1.165, 1.54) is 18.2 Å². The molecule has 0 saturated heterocycles. The van der Waals surface area contributed by atoms with E-state index in [4.69, 9.17) is 9.84 Å². The van der Waals surface area contributed by atoms with E-state index in [1.54, 1.807) is 35.2 Å². The van der Waals surface area contributed by atoms with E-state index in [0.29, 0.717) is 11.3 Å². The van der Waals surface area contributed by atoms with Crippen molar-refractivity contribution in [2.75, 3.05) is 6.61 Å². The monoisotopic (exact) mass is 372 g/mol. The standard InChI is InChI=1S/C19H20N2O6/c1-13(2)20(11-14-6-8-16(9-7-14)21(25)26)19(24)15-4-3-5-17(10-15)27-12-18(22)23/h3-10,13H,11-12H2,1-2H3,(H,22,23). The van der Waals surface area contributed by atoms with E-state index < -0.39 is 17.5 Å². The Bertz CT molecular complexity index is 832. The lowest BCUT2D eigenvalue weighted by Crippen LogP contribution is -2.36. The van der Waals surface area contributed by atoms with Crippen molar-refractivity contribution in [3.63, 3.8) is 0 Å². The van der Waals surface area contributed by atoms with Gasteiger partial charge in [-0.2, -0.15) is 0 Å². The highest BCUT2D eigenvalue weighted by molar-refractivity contribution is 5.94. The summed E-state index contributed by atoms with van der Waals surface area (Å²) in [6, 6.07) is 12.2. The number of carboxylic acids is 1. The normalized spacial score (nSPS) is 10.5. The van der Waals surface area contributed by atoms with Gasteiger partial charge in [0.2, 0.25) is 0 Å². The van der Waals surface area contributed by atoms with Crippen LogP contribution in [-0.4, -0.2) is 39.5 Å². The maximum atomic E-state index is 12.9. The Morgan fingerprint density at radius 1 is 1.19 bits per heavy atom. The third-order valence-electron chi connectivity index (χ3n) is 3.83. The van der Waals surface area contributed by atoms with Crippen LogP contribution in [0.15, 0.2) is 48.5 Å². The number of nitro groups is 1. The summed E-state index contributed by atoms with van der Waals surface area (Å²) >= 11 is 0. The van der Waals surface area contributed by atoms with Crippen molar-refractivity contribution in [1.82, 2.24) is 4.90 Å². The van der Waals surface area contributed by atoms with Gasteiger partial charge in [-0.15, -0.1) is 0 Å². The predicted octanol–water partition coefficient (Wildman–Crippen LogP) is 3.11. The summed E-state index contributed by atoms with van der Waals surface area (Å²) in [6.45, 7) is 3.53. The summed E-state index contributed by atoms with van der Waals surface area (Å²) in [5.74, 6) is -1.06. The molecule has 0 saturated carbocycles. The third kappa shape index (κ3) is 5.53. The number of nitrogens with zero attached hydrogens (tertiary/aromatic N) is 2. The largest absolute Gasteiger partial charge is 0.482 e. The van der Waals surface area contributed by atoms with Gasteiger partial charge in [-0.3, -0.25) is 14.9 Å². The van der Waals surface area contributed by atoms with Gasteiger partial charge in [0.25, 0.3) is 11.6 Å². The summed E-state index contributed by atoms with van der Waals surface area (Å²) in [4.78, 5) is 35.4. The number of amides is 1. The van der Waals surface area contributed by atoms with Gasteiger partial charge in [-0.1, -0.05) is 18.2 Å². The fourth-order valence-electron chi connectivity index (χ4n) is 2.44. The van der Waals surface area contributed by atoms with Crippen molar-refractivity contribution >= 4 is 17.6 Å². The van der Waals surface area contributed by atoms with Crippen molar-refractivity contribution in [3.8, 4) is 5.75 Å². The summed E-state index contributed by atoms with van der Waals surface area (Å²) in [7, 11) is 0. The first-order chi connectivity index (χ1) is 12.8. The average molecular weight is 372 g/mol. The van der Waals surface area contributed by atoms with Gasteiger partial charge in [-0.05, 0) is 37.6 Å². The lowest BCUT2D eigenvalue weighted by Gasteiger charge is -2.27. The first-order valence-corrected chi connectivity index (χ1v) is 8.27. The van der Waals surface area contributed by atoms with E-state index >= 15 is 0 Å². The minimum absolute atomic E-state index is 0.00976. The van der Waals surface area contributed by atoms with Gasteiger partial charge >= 0.3 is 5.97 Å². The van der Waals surface area contributed by atoms with Crippen LogP contribution < -0.4 is 4.74 Å². The lowest BCUT2D eigenvalue weighted by atomic mass is 10.1. The molecule has 0 atom stereocenters. The zero-order valence-corrected chi connectivity index (χ0v) is 15.0. The fourth-order valence-corrected chi connectivity index (χ4v) is 2.44. The van der Waals surface area contributed by atoms with Crippen LogP contribution in [0.3, 0.4) is 0 Å². The number of carbonyl (C=O) groups is 2. The summed E-state index contributed by atoms with van der Waals surface area (Å²) in [5.41, 5.74) is 1.12. The SMILES string of the molecule is CC(C)N(Cc1ccc([N+](=O)[O-])cc1)C(=O)c1cccc(OCC(=O)O)c1. The molecule has 27 heavy (non-hydrogen) atoms. The van der Waals surface area contributed by atoms with Crippen molar-refractivity contribution in [2.45, 2.75) is 26.4 Å². The first-order valence-electron chi connectivity index (χ1n) is 8.27. The number of benzene rings is 2. The molecule has 0 bridgehead atoms. The van der Waals surface area contributed by atoms with Gasteiger partial charge in [-0.25, -0.2) is 4.79 Å². The van der Waals surface area contributed by atoms with Crippen LogP contribution in [0.1, 0.15) is 29.8 Å². The second-order valence-corrected chi connectivity index (χ2v) is 6.16. The molecule has 0 aliphatic carbocycles. The van der Waals surface area contributed by atoms with Gasteiger partial charge in [0, 0.05) is 30.3 Å². The molecule has 1 N–H and O–H groups in total. The number of hydrogen-bond acceptors (Lipinski definition) is 5. The molecule has 2 rings (SSSR count). The minimum atomic E-state index is -1.10. The average Bonchev–Trinajstić information content (AvgIpc) is 2.64. The Kier molecular flexibility index (Phi) is 6.48. The van der Waals surface area contributed by atoms with Crippen LogP contribution in [0.5, 0.6) is 5.75 Å². The number of non-ortho nitro benzene ring substituents is 1. The molecular weight excluding hydrogens is 352 g/mol. The summed E-state index contributed by atoms with van der Waals surface area (Å²) < 4.78 is 5.12. The zero-order valence-electron chi connectivity index (χ0n) is 15.0. The van der Waals surface area contributed by atoms with Gasteiger partial charge in [0.1, 0.15) is 5.75 Å². The molecule has 8 nitrogen and oxygen atoms in total. The minimum Gasteiger partial charge on any atom is -0.482 e. The maximum absolute atomic E-state index is 12.9. The molecule has 0 aromatic heterocycles. The number of hydrogen-bond donors (Lipinski definition) is 1. The van der Waals surface area contributed by atoms with Crippen LogP contribution in [0.2, 0.25) is 0 Å². The number of carboxylic acid groups (broad SMARTS) is 1. The molecule has 0 spiro atoms. The fraction of sp³-hybridized carbons (Fsp3) is 0.263. The number of ether oxygens (including phenoxy) is 1. The number of nitro benzene ring substituents is 1. The highest BCUT2D eigenvalue weighted by Crippen LogP contribution is 2.19. The van der Waals surface area contributed by atoms with Crippen molar-refractivity contribution in [2.24, 2.45) is 0 Å². The number of carbonyl (C=O) groups excluding carboxylic acids is 1. The molecule has 1 amide bonds. The molecule has 0 heterocycles. The van der Waals surface area contributed by atoms with Crippen molar-refractivity contribution in [3.05, 3.63) is 69.8 Å². The quantitative estimate of drug-likeness (QED) is 0.563. The summed E-state index contributed by atoms with van der Waals surface area (Å²) in [6.07, 6.45) is 0. The van der Waals surface area contributed by atoms with E-state index in [-0.39, 0.29) is 24.2 Å². The van der Waals surface area contributed by atoms with E-state index in [2.05, 4.69) is 0 Å². The molecule has 0 aliphatic heterocycles. The molecule has 8 heteroatoms. The van der Waals surface area contributed by atoms with Crippen LogP contribution in [0.25, 0.3) is 0 Å². The molecule has 0 unspecified atom stereocenters. The maximum Gasteiger partial charge on any atom is 0.341 e. The predicted molar refractivity (Wildman–Crippen MR) is 97.7 cm³/mol. The second kappa shape index (κ2) is 8.79. The molecule has 142 valence electrons. The van der Waals surface area contributed by atoms with Crippen molar-refractivity contribution < 1.29 is 24.4 Å². The van der Waals surface area contributed by atoms with E-state index in [1.807, 2.05) is 13.8 Å². The Labute approximate surface area is 156 Å². The smallest absolute Gasteiger partial charge is 0.341 e. The lowest BCUT2D eigenvalue weighted by molar-refractivity contribution is -0.384. The highest BCUT2D eigenvalue weighted by Gasteiger charge is 2.20. The zero-order chi connectivity index (χ0) is 20.0. The molecule has 2 aromatic rings. The Morgan fingerprint density at radius 2 is 1.85 bits per heavy atom. The Morgan fingerprint density at radius 3 is 2.41 bits per heavy atom. The Hall–Kier alpha value is -3.42. The Balaban J connectivity index is 2.18. The molecular formula is C19H20N2O6. The molecule has 0 fully saturated rings. The third-order valence-corrected chi connectivity index (χ3v) is 3.83. The molecule has 2 aromatic carbocycles. The number of rotatable bonds is 8. The van der Waals surface area contributed by atoms with Crippen molar-refractivity contribution in [1.29, 1.82) is 0 Å². The first kappa shape index (κ1) is 19.9. The number of aliphatic carboxylic acids is 1. The highest BCUT2D eigenvalue weighted by atomic mass is 16.6. The van der Waals surface area contributed by atoms with Gasteiger partial charge < -0.3 is 14.7 Å².